The van der Waals surface area contributed by atoms with E-state index >= 15 is 0 Å². The zero-order valence-electron chi connectivity index (χ0n) is 13.3. The lowest BCUT2D eigenvalue weighted by Crippen LogP contribution is -2.23. The van der Waals surface area contributed by atoms with Gasteiger partial charge in [0.2, 0.25) is 0 Å². The first-order valence-corrected chi connectivity index (χ1v) is 7.23. The fourth-order valence-corrected chi connectivity index (χ4v) is 2.63. The van der Waals surface area contributed by atoms with Crippen LogP contribution in [-0.2, 0) is 0 Å². The Morgan fingerprint density at radius 3 is 2.20 bits per heavy atom. The first-order valence-electron chi connectivity index (χ1n) is 7.23. The summed E-state index contributed by atoms with van der Waals surface area (Å²) in [5, 5.41) is 22.1. The van der Waals surface area contributed by atoms with Gasteiger partial charge in [0, 0.05) is 24.3 Å². The Morgan fingerprint density at radius 1 is 0.960 bits per heavy atom. The molecule has 9 nitrogen and oxygen atoms in total. The van der Waals surface area contributed by atoms with Crippen molar-refractivity contribution in [3.63, 3.8) is 0 Å². The molecule has 2 aromatic carbocycles. The number of hydrogen-bond donors (Lipinski definition) is 0. The number of rotatable bonds is 3. The summed E-state index contributed by atoms with van der Waals surface area (Å²) in [7, 11) is 0. The van der Waals surface area contributed by atoms with E-state index in [1.54, 1.807) is 19.9 Å². The van der Waals surface area contributed by atoms with Crippen molar-refractivity contribution in [1.82, 2.24) is 9.55 Å². The highest BCUT2D eigenvalue weighted by Crippen LogP contribution is 2.23. The molecule has 0 saturated heterocycles. The van der Waals surface area contributed by atoms with Gasteiger partial charge in [0.05, 0.1) is 26.4 Å². The zero-order chi connectivity index (χ0) is 18.3. The summed E-state index contributed by atoms with van der Waals surface area (Å²) in [5.74, 6) is 0.279. The van der Waals surface area contributed by atoms with Crippen LogP contribution >= 0.6 is 0 Å². The number of aromatic nitrogens is 2. The minimum absolute atomic E-state index is 0.143. The van der Waals surface area contributed by atoms with Gasteiger partial charge >= 0.3 is 0 Å². The third kappa shape index (κ3) is 2.71. The molecule has 0 aliphatic heterocycles. The van der Waals surface area contributed by atoms with Crippen LogP contribution in [0.4, 0.5) is 11.4 Å². The predicted octanol–water partition coefficient (Wildman–Crippen LogP) is 2.82. The van der Waals surface area contributed by atoms with Crippen molar-refractivity contribution in [2.45, 2.75) is 13.8 Å². The molecule has 1 aromatic heterocycles. The molecule has 3 aromatic rings. The second kappa shape index (κ2) is 5.78. The van der Waals surface area contributed by atoms with E-state index in [2.05, 4.69) is 4.98 Å². The highest BCUT2D eigenvalue weighted by Gasteiger charge is 2.17. The fourth-order valence-electron chi connectivity index (χ4n) is 2.63. The Bertz CT molecular complexity index is 1100. The van der Waals surface area contributed by atoms with Gasteiger partial charge in [-0.3, -0.25) is 29.6 Å². The second-order valence-corrected chi connectivity index (χ2v) is 5.49. The van der Waals surface area contributed by atoms with Crippen LogP contribution in [0.3, 0.4) is 0 Å². The summed E-state index contributed by atoms with van der Waals surface area (Å²) in [4.78, 5) is 37.9. The van der Waals surface area contributed by atoms with Gasteiger partial charge in [0.25, 0.3) is 16.9 Å². The van der Waals surface area contributed by atoms with Crippen molar-refractivity contribution in [2.24, 2.45) is 0 Å². The SMILES string of the molecule is Cc1ccc([N+](=O)[O-])cc1-n1c(C)nc2cc([N+](=O)[O-])ccc2c1=O. The van der Waals surface area contributed by atoms with E-state index in [1.807, 2.05) is 0 Å². The van der Waals surface area contributed by atoms with Crippen LogP contribution in [0.1, 0.15) is 11.4 Å². The van der Waals surface area contributed by atoms with Crippen LogP contribution < -0.4 is 5.56 Å². The molecule has 0 spiro atoms. The Kier molecular flexibility index (Phi) is 3.76. The summed E-state index contributed by atoms with van der Waals surface area (Å²) in [6.07, 6.45) is 0. The van der Waals surface area contributed by atoms with Crippen molar-refractivity contribution < 1.29 is 9.85 Å². The number of nitro benzene ring substituents is 2. The number of aryl methyl sites for hydroxylation is 2. The van der Waals surface area contributed by atoms with Crippen LogP contribution in [0, 0.1) is 34.1 Å². The Hall–Kier alpha value is -3.62. The molecule has 0 unspecified atom stereocenters. The van der Waals surface area contributed by atoms with Gasteiger partial charge < -0.3 is 0 Å². The maximum Gasteiger partial charge on any atom is 0.271 e. The highest BCUT2D eigenvalue weighted by molar-refractivity contribution is 5.80. The predicted molar refractivity (Wildman–Crippen MR) is 90.1 cm³/mol. The molecular formula is C16H12N4O5. The number of benzene rings is 2. The number of nitrogens with zero attached hydrogens (tertiary/aromatic N) is 4. The highest BCUT2D eigenvalue weighted by atomic mass is 16.6. The van der Waals surface area contributed by atoms with Gasteiger partial charge in [-0.15, -0.1) is 0 Å². The number of fused-ring (bicyclic) bond motifs is 1. The molecule has 0 N–H and O–H groups in total. The largest absolute Gasteiger partial charge is 0.271 e. The van der Waals surface area contributed by atoms with Gasteiger partial charge in [-0.1, -0.05) is 6.07 Å². The number of hydrogen-bond acceptors (Lipinski definition) is 6. The van der Waals surface area contributed by atoms with Crippen molar-refractivity contribution in [1.29, 1.82) is 0 Å². The van der Waals surface area contributed by atoms with Crippen molar-refractivity contribution in [3.05, 3.63) is 78.4 Å². The Morgan fingerprint density at radius 2 is 1.56 bits per heavy atom. The lowest BCUT2D eigenvalue weighted by atomic mass is 10.1. The molecule has 3 rings (SSSR count). The Balaban J connectivity index is 2.33. The van der Waals surface area contributed by atoms with Gasteiger partial charge in [0.1, 0.15) is 5.82 Å². The second-order valence-electron chi connectivity index (χ2n) is 5.49. The molecule has 0 bridgehead atoms. The van der Waals surface area contributed by atoms with Crippen LogP contribution in [-0.4, -0.2) is 19.4 Å². The molecule has 126 valence electrons. The topological polar surface area (TPSA) is 121 Å². The molecule has 0 aliphatic carbocycles. The molecule has 0 amide bonds. The molecular weight excluding hydrogens is 328 g/mol. The first-order chi connectivity index (χ1) is 11.8. The maximum absolute atomic E-state index is 12.8. The molecule has 0 saturated carbocycles. The third-order valence-corrected chi connectivity index (χ3v) is 3.88. The standard InChI is InChI=1S/C16H12N4O5/c1-9-3-4-12(20(24)25)8-15(9)18-10(2)17-14-7-11(19(22)23)5-6-13(14)16(18)21/h3-8H,1-2H3. The van der Waals surface area contributed by atoms with E-state index in [0.717, 1.165) is 0 Å². The monoisotopic (exact) mass is 340 g/mol. The molecule has 0 radical (unpaired) electrons. The molecule has 0 aliphatic rings. The summed E-state index contributed by atoms with van der Waals surface area (Å²) in [6.45, 7) is 3.29. The minimum atomic E-state index is -0.563. The van der Waals surface area contributed by atoms with E-state index < -0.39 is 15.4 Å². The molecule has 1 heterocycles. The number of non-ortho nitro benzene ring substituents is 2. The van der Waals surface area contributed by atoms with Gasteiger partial charge in [-0.05, 0) is 25.5 Å². The fraction of sp³-hybridized carbons (Fsp3) is 0.125. The smallest absolute Gasteiger partial charge is 0.268 e. The Labute approximate surface area is 140 Å². The van der Waals surface area contributed by atoms with Gasteiger partial charge in [-0.25, -0.2) is 4.98 Å². The van der Waals surface area contributed by atoms with Crippen LogP contribution in [0.5, 0.6) is 0 Å². The van der Waals surface area contributed by atoms with E-state index in [4.69, 9.17) is 0 Å². The lowest BCUT2D eigenvalue weighted by Gasteiger charge is -2.13. The summed E-state index contributed by atoms with van der Waals surface area (Å²) < 4.78 is 1.27. The van der Waals surface area contributed by atoms with Crippen molar-refractivity contribution in [2.75, 3.05) is 0 Å². The molecule has 0 atom stereocenters. The van der Waals surface area contributed by atoms with Crippen molar-refractivity contribution in [3.8, 4) is 5.69 Å². The molecule has 0 fully saturated rings. The first kappa shape index (κ1) is 16.2. The van der Waals surface area contributed by atoms with Gasteiger partial charge in [0.15, 0.2) is 0 Å². The zero-order valence-corrected chi connectivity index (χ0v) is 13.3. The summed E-state index contributed by atoms with van der Waals surface area (Å²) in [5.41, 5.74) is 0.471. The quantitative estimate of drug-likeness (QED) is 0.534. The molecule has 25 heavy (non-hydrogen) atoms. The van der Waals surface area contributed by atoms with E-state index in [9.17, 15) is 25.0 Å². The lowest BCUT2D eigenvalue weighted by molar-refractivity contribution is -0.385. The van der Waals surface area contributed by atoms with E-state index in [-0.39, 0.29) is 28.1 Å². The minimum Gasteiger partial charge on any atom is -0.268 e. The third-order valence-electron chi connectivity index (χ3n) is 3.88. The van der Waals surface area contributed by atoms with Crippen LogP contribution in [0.25, 0.3) is 16.6 Å². The summed E-state index contributed by atoms with van der Waals surface area (Å²) >= 11 is 0. The van der Waals surface area contributed by atoms with Crippen molar-refractivity contribution >= 4 is 22.3 Å². The maximum atomic E-state index is 12.8. The average Bonchev–Trinajstić information content (AvgIpc) is 2.55. The average molecular weight is 340 g/mol. The van der Waals surface area contributed by atoms with Crippen LogP contribution in [0.15, 0.2) is 41.2 Å². The van der Waals surface area contributed by atoms with Crippen LogP contribution in [0.2, 0.25) is 0 Å². The number of nitro groups is 2. The van der Waals surface area contributed by atoms with E-state index in [0.29, 0.717) is 11.3 Å². The van der Waals surface area contributed by atoms with Gasteiger partial charge in [-0.2, -0.15) is 0 Å². The van der Waals surface area contributed by atoms with E-state index in [1.165, 1.54) is 34.9 Å². The normalized spacial score (nSPS) is 10.8. The summed E-state index contributed by atoms with van der Waals surface area (Å²) in [6, 6.07) is 8.02. The molecule has 9 heteroatoms.